The monoisotopic (exact) mass is 369 g/mol. The Hall–Kier alpha value is -2.50. The first-order valence-electron chi connectivity index (χ1n) is 9.90. The number of nitrogens with one attached hydrogen (secondary N) is 1. The quantitative estimate of drug-likeness (QED) is 0.794. The first kappa shape index (κ1) is 17.9. The van der Waals surface area contributed by atoms with Crippen LogP contribution in [0.25, 0.3) is 0 Å². The third-order valence-corrected chi connectivity index (χ3v) is 5.23. The van der Waals surface area contributed by atoms with Crippen molar-refractivity contribution < 1.29 is 14.3 Å². The summed E-state index contributed by atoms with van der Waals surface area (Å²) in [7, 11) is 0. The summed E-state index contributed by atoms with van der Waals surface area (Å²) < 4.78 is 13.5. The summed E-state index contributed by atoms with van der Waals surface area (Å²) in [4.78, 5) is 12.6. The van der Waals surface area contributed by atoms with Gasteiger partial charge in [-0.3, -0.25) is 4.79 Å². The summed E-state index contributed by atoms with van der Waals surface area (Å²) in [5.74, 6) is 1.44. The van der Waals surface area contributed by atoms with E-state index in [-0.39, 0.29) is 18.1 Å². The van der Waals surface area contributed by atoms with Crippen molar-refractivity contribution in [3.8, 4) is 11.6 Å². The maximum absolute atomic E-state index is 12.6. The van der Waals surface area contributed by atoms with Crippen LogP contribution in [0.1, 0.15) is 54.2 Å². The van der Waals surface area contributed by atoms with Crippen LogP contribution < -0.4 is 14.8 Å². The van der Waals surface area contributed by atoms with Crippen LogP contribution in [0.5, 0.6) is 11.6 Å². The first-order chi connectivity index (χ1) is 13.1. The number of fused-ring (bicyclic) bond motifs is 2. The van der Waals surface area contributed by atoms with Gasteiger partial charge in [0.15, 0.2) is 5.69 Å². The normalized spacial score (nSPS) is 20.4. The van der Waals surface area contributed by atoms with Gasteiger partial charge in [0.1, 0.15) is 18.5 Å². The number of hydrogen-bond acceptors (Lipinski definition) is 4. The molecule has 0 fully saturated rings. The molecule has 0 spiro atoms. The van der Waals surface area contributed by atoms with Crippen molar-refractivity contribution in [3.63, 3.8) is 0 Å². The molecule has 1 N–H and O–H groups in total. The topological polar surface area (TPSA) is 65.4 Å². The molecule has 27 heavy (non-hydrogen) atoms. The van der Waals surface area contributed by atoms with Gasteiger partial charge in [0.2, 0.25) is 5.88 Å². The number of rotatable bonds is 6. The predicted octanol–water partition coefficient (Wildman–Crippen LogP) is 3.27. The molecule has 0 saturated carbocycles. The minimum Gasteiger partial charge on any atom is -0.491 e. The van der Waals surface area contributed by atoms with Crippen LogP contribution in [0.4, 0.5) is 0 Å². The van der Waals surface area contributed by atoms with Crippen LogP contribution in [-0.2, 0) is 13.0 Å². The Labute approximate surface area is 159 Å². The van der Waals surface area contributed by atoms with Crippen molar-refractivity contribution in [2.24, 2.45) is 0 Å². The number of unbranched alkanes of at least 4 members (excludes halogenated alkanes) is 2. The Morgan fingerprint density at radius 1 is 1.33 bits per heavy atom. The highest BCUT2D eigenvalue weighted by atomic mass is 16.5. The van der Waals surface area contributed by atoms with E-state index in [1.54, 1.807) is 6.07 Å². The number of hydrogen-bond donors (Lipinski definition) is 1. The molecule has 0 radical (unpaired) electrons. The molecule has 1 aromatic heterocycles. The highest BCUT2D eigenvalue weighted by molar-refractivity contribution is 5.92. The third-order valence-electron chi connectivity index (χ3n) is 5.23. The lowest BCUT2D eigenvalue weighted by molar-refractivity contribution is 0.0908. The van der Waals surface area contributed by atoms with Crippen molar-refractivity contribution in [3.05, 3.63) is 41.1 Å². The summed E-state index contributed by atoms with van der Waals surface area (Å²) in [6.45, 7) is 5.46. The molecule has 2 aromatic rings. The van der Waals surface area contributed by atoms with E-state index in [2.05, 4.69) is 30.3 Å². The Balaban J connectivity index is 1.34. The number of benzene rings is 1. The van der Waals surface area contributed by atoms with Crippen molar-refractivity contribution >= 4 is 5.91 Å². The van der Waals surface area contributed by atoms with E-state index in [0.29, 0.717) is 18.2 Å². The zero-order valence-corrected chi connectivity index (χ0v) is 16.0. The van der Waals surface area contributed by atoms with E-state index in [0.717, 1.165) is 30.7 Å². The highest BCUT2D eigenvalue weighted by Crippen LogP contribution is 2.27. The van der Waals surface area contributed by atoms with Crippen LogP contribution in [0.2, 0.25) is 0 Å². The van der Waals surface area contributed by atoms with E-state index >= 15 is 0 Å². The second-order valence-corrected chi connectivity index (χ2v) is 7.58. The molecular weight excluding hydrogens is 342 g/mol. The van der Waals surface area contributed by atoms with Gasteiger partial charge in [0.25, 0.3) is 5.91 Å². The van der Waals surface area contributed by atoms with Gasteiger partial charge in [0.05, 0.1) is 12.6 Å². The molecular formula is C21H27N3O3. The smallest absolute Gasteiger partial charge is 0.272 e. The SMILES string of the molecule is CCCCCC1Cn2nc(C(=O)NC3COc4ccc(C)cc4C3)cc2O1. The van der Waals surface area contributed by atoms with Gasteiger partial charge in [0, 0.05) is 6.07 Å². The van der Waals surface area contributed by atoms with Crippen LogP contribution in [0.3, 0.4) is 0 Å². The minimum absolute atomic E-state index is 0.0500. The lowest BCUT2D eigenvalue weighted by Crippen LogP contribution is -2.43. The number of carbonyl (C=O) groups is 1. The number of aryl methyl sites for hydroxylation is 1. The van der Waals surface area contributed by atoms with Crippen molar-refractivity contribution in [2.75, 3.05) is 6.61 Å². The van der Waals surface area contributed by atoms with E-state index in [9.17, 15) is 4.79 Å². The highest BCUT2D eigenvalue weighted by Gasteiger charge is 2.28. The van der Waals surface area contributed by atoms with E-state index < -0.39 is 0 Å². The molecule has 1 aromatic carbocycles. The van der Waals surface area contributed by atoms with Crippen molar-refractivity contribution in [1.82, 2.24) is 15.1 Å². The zero-order chi connectivity index (χ0) is 18.8. The summed E-state index contributed by atoms with van der Waals surface area (Å²) in [6.07, 6.45) is 5.59. The maximum atomic E-state index is 12.6. The fourth-order valence-corrected chi connectivity index (χ4v) is 3.78. The molecule has 4 rings (SSSR count). The number of aromatic nitrogens is 2. The molecule has 2 aliphatic heterocycles. The van der Waals surface area contributed by atoms with Crippen molar-refractivity contribution in [2.45, 2.75) is 64.6 Å². The lowest BCUT2D eigenvalue weighted by Gasteiger charge is -2.26. The Kier molecular flexibility index (Phi) is 5.05. The molecule has 6 heteroatoms. The standard InChI is InChI=1S/C21H27N3O3/c1-3-4-5-6-17-12-24-20(27-17)11-18(23-24)21(25)22-16-10-15-9-14(2)7-8-19(15)26-13-16/h7-9,11,16-17H,3-6,10,12-13H2,1-2H3,(H,22,25). The second-order valence-electron chi connectivity index (χ2n) is 7.58. The molecule has 2 unspecified atom stereocenters. The van der Waals surface area contributed by atoms with Gasteiger partial charge < -0.3 is 14.8 Å². The molecule has 2 aliphatic rings. The first-order valence-corrected chi connectivity index (χ1v) is 9.90. The fourth-order valence-electron chi connectivity index (χ4n) is 3.78. The Morgan fingerprint density at radius 2 is 2.22 bits per heavy atom. The molecule has 0 saturated heterocycles. The average Bonchev–Trinajstić information content (AvgIpc) is 3.20. The van der Waals surface area contributed by atoms with Gasteiger partial charge in [-0.25, -0.2) is 4.68 Å². The van der Waals surface area contributed by atoms with Gasteiger partial charge in [-0.1, -0.05) is 37.5 Å². The molecule has 2 atom stereocenters. The Morgan fingerprint density at radius 3 is 3.04 bits per heavy atom. The summed E-state index contributed by atoms with van der Waals surface area (Å²) in [5, 5.41) is 7.47. The number of nitrogens with zero attached hydrogens (tertiary/aromatic N) is 2. The largest absolute Gasteiger partial charge is 0.491 e. The van der Waals surface area contributed by atoms with Gasteiger partial charge in [-0.05, 0) is 37.8 Å². The number of amides is 1. The minimum atomic E-state index is -0.173. The van der Waals surface area contributed by atoms with E-state index in [4.69, 9.17) is 9.47 Å². The number of ether oxygens (including phenoxy) is 2. The molecule has 0 aliphatic carbocycles. The van der Waals surface area contributed by atoms with Gasteiger partial charge in [-0.2, -0.15) is 5.10 Å². The molecule has 1 amide bonds. The average molecular weight is 369 g/mol. The van der Waals surface area contributed by atoms with Crippen LogP contribution in [-0.4, -0.2) is 34.4 Å². The lowest BCUT2D eigenvalue weighted by atomic mass is 10.0. The molecule has 3 heterocycles. The van der Waals surface area contributed by atoms with Gasteiger partial charge in [-0.15, -0.1) is 0 Å². The maximum Gasteiger partial charge on any atom is 0.272 e. The van der Waals surface area contributed by atoms with Gasteiger partial charge >= 0.3 is 0 Å². The predicted molar refractivity (Wildman–Crippen MR) is 102 cm³/mol. The Bertz CT molecular complexity index is 807. The summed E-state index contributed by atoms with van der Waals surface area (Å²) in [5.41, 5.74) is 2.74. The van der Waals surface area contributed by atoms with Crippen molar-refractivity contribution in [1.29, 1.82) is 0 Å². The third kappa shape index (κ3) is 3.94. The zero-order valence-electron chi connectivity index (χ0n) is 16.0. The number of carbonyl (C=O) groups excluding carboxylic acids is 1. The summed E-state index contributed by atoms with van der Waals surface area (Å²) >= 11 is 0. The van der Waals surface area contributed by atoms with E-state index in [1.807, 2.05) is 16.8 Å². The molecule has 6 nitrogen and oxygen atoms in total. The van der Waals surface area contributed by atoms with Crippen LogP contribution in [0, 0.1) is 6.92 Å². The second kappa shape index (κ2) is 7.62. The molecule has 0 bridgehead atoms. The molecule has 144 valence electrons. The fraction of sp³-hybridized carbons (Fsp3) is 0.524. The van der Waals surface area contributed by atoms with Crippen LogP contribution in [0.15, 0.2) is 24.3 Å². The van der Waals surface area contributed by atoms with Crippen LogP contribution >= 0.6 is 0 Å². The van der Waals surface area contributed by atoms with E-state index in [1.165, 1.54) is 24.8 Å². The summed E-state index contributed by atoms with van der Waals surface area (Å²) in [6, 6.07) is 7.85.